The number of carbonyl (C=O) groups is 1. The summed E-state index contributed by atoms with van der Waals surface area (Å²) in [4.78, 5) is 12.7. The molecular formula is C25H23NO3S. The molecule has 0 aromatic heterocycles. The van der Waals surface area contributed by atoms with Crippen molar-refractivity contribution in [2.45, 2.75) is 31.1 Å². The first-order chi connectivity index (χ1) is 14.4. The number of hydrogen-bond acceptors (Lipinski definition) is 3. The van der Waals surface area contributed by atoms with Gasteiger partial charge in [0, 0.05) is 5.57 Å². The van der Waals surface area contributed by atoms with Crippen LogP contribution in [0.15, 0.2) is 83.6 Å². The van der Waals surface area contributed by atoms with Crippen LogP contribution in [0.4, 0.5) is 5.69 Å². The molecular weight excluding hydrogens is 394 g/mol. The van der Waals surface area contributed by atoms with Crippen molar-refractivity contribution in [3.8, 4) is 0 Å². The topological polar surface area (TPSA) is 54.5 Å². The molecule has 0 aliphatic heterocycles. The minimum atomic E-state index is -3.62. The Morgan fingerprint density at radius 1 is 0.933 bits per heavy atom. The number of para-hydroxylation sites is 1. The molecule has 5 rings (SSSR count). The number of sulfonamides is 1. The summed E-state index contributed by atoms with van der Waals surface area (Å²) in [6.45, 7) is 0. The standard InChI is InChI=1S/C25H23NO3S/c1-30(28,29)26(19-10-3-2-4-11-19)24-17-18-9-5-7-13-21(18)25(24)16-15-23(27)20-12-6-8-14-22(20)25/h2-5,7,9-11,13,15-17H,6,8,12,14H2,1H3/t25-/m0/s1. The van der Waals surface area contributed by atoms with Crippen LogP contribution in [-0.2, 0) is 20.2 Å². The normalized spacial score (nSPS) is 22.7. The van der Waals surface area contributed by atoms with Crippen LogP contribution in [0.2, 0.25) is 0 Å². The summed E-state index contributed by atoms with van der Waals surface area (Å²) >= 11 is 0. The molecule has 4 nitrogen and oxygen atoms in total. The van der Waals surface area contributed by atoms with E-state index in [2.05, 4.69) is 6.07 Å². The Kier molecular flexibility index (Phi) is 4.33. The third kappa shape index (κ3) is 2.72. The first-order valence-corrected chi connectivity index (χ1v) is 12.1. The number of allylic oxidation sites excluding steroid dienone is 3. The van der Waals surface area contributed by atoms with Crippen molar-refractivity contribution in [3.05, 3.63) is 94.7 Å². The van der Waals surface area contributed by atoms with E-state index in [1.54, 1.807) is 6.08 Å². The van der Waals surface area contributed by atoms with E-state index in [1.807, 2.05) is 60.7 Å². The molecule has 1 atom stereocenters. The highest BCUT2D eigenvalue weighted by Gasteiger charge is 2.50. The number of rotatable bonds is 3. The highest BCUT2D eigenvalue weighted by molar-refractivity contribution is 7.92. The van der Waals surface area contributed by atoms with E-state index >= 15 is 0 Å². The van der Waals surface area contributed by atoms with Crippen LogP contribution < -0.4 is 4.31 Å². The largest absolute Gasteiger partial charge is 0.290 e. The van der Waals surface area contributed by atoms with Crippen molar-refractivity contribution in [1.29, 1.82) is 0 Å². The van der Waals surface area contributed by atoms with Gasteiger partial charge in [-0.05, 0) is 66.7 Å². The molecule has 3 aliphatic carbocycles. The quantitative estimate of drug-likeness (QED) is 0.724. The van der Waals surface area contributed by atoms with E-state index in [1.165, 1.54) is 10.6 Å². The van der Waals surface area contributed by atoms with Crippen molar-refractivity contribution in [1.82, 2.24) is 0 Å². The first kappa shape index (κ1) is 19.1. The van der Waals surface area contributed by atoms with E-state index in [9.17, 15) is 13.2 Å². The van der Waals surface area contributed by atoms with Gasteiger partial charge in [-0.15, -0.1) is 0 Å². The van der Waals surface area contributed by atoms with Crippen LogP contribution in [-0.4, -0.2) is 20.5 Å². The monoisotopic (exact) mass is 417 g/mol. The molecule has 3 aliphatic rings. The Hall–Kier alpha value is -2.92. The summed E-state index contributed by atoms with van der Waals surface area (Å²) in [6.07, 6.45) is 10.3. The Morgan fingerprint density at radius 3 is 2.40 bits per heavy atom. The fraction of sp³-hybridized carbons (Fsp3) is 0.240. The molecule has 2 aromatic rings. The summed E-state index contributed by atoms with van der Waals surface area (Å²) in [7, 11) is -3.62. The summed E-state index contributed by atoms with van der Waals surface area (Å²) in [5.74, 6) is 0.0599. The minimum Gasteiger partial charge on any atom is -0.290 e. The van der Waals surface area contributed by atoms with Crippen LogP contribution in [0.3, 0.4) is 0 Å². The van der Waals surface area contributed by atoms with Crippen molar-refractivity contribution in [2.24, 2.45) is 0 Å². The molecule has 0 saturated heterocycles. The highest BCUT2D eigenvalue weighted by Crippen LogP contribution is 2.55. The zero-order valence-electron chi connectivity index (χ0n) is 16.8. The van der Waals surface area contributed by atoms with Gasteiger partial charge in [0.05, 0.1) is 23.1 Å². The maximum Gasteiger partial charge on any atom is 0.236 e. The molecule has 30 heavy (non-hydrogen) atoms. The lowest BCUT2D eigenvalue weighted by Gasteiger charge is -2.42. The van der Waals surface area contributed by atoms with E-state index in [0.29, 0.717) is 11.4 Å². The number of anilines is 1. The summed E-state index contributed by atoms with van der Waals surface area (Å²) in [5.41, 5.74) is 4.49. The molecule has 152 valence electrons. The summed E-state index contributed by atoms with van der Waals surface area (Å²) in [6, 6.07) is 17.2. The number of nitrogens with zero attached hydrogens (tertiary/aromatic N) is 1. The summed E-state index contributed by atoms with van der Waals surface area (Å²) < 4.78 is 27.6. The molecule has 2 aromatic carbocycles. The van der Waals surface area contributed by atoms with Gasteiger partial charge in [0.25, 0.3) is 0 Å². The van der Waals surface area contributed by atoms with Gasteiger partial charge in [0.15, 0.2) is 5.78 Å². The fourth-order valence-electron chi connectivity index (χ4n) is 5.18. The molecule has 0 saturated carbocycles. The maximum atomic E-state index is 13.1. The predicted octanol–water partition coefficient (Wildman–Crippen LogP) is 4.75. The van der Waals surface area contributed by atoms with Crippen molar-refractivity contribution >= 4 is 27.6 Å². The Bertz CT molecular complexity index is 1240. The molecule has 5 heteroatoms. The number of carbonyl (C=O) groups excluding carboxylic acids is 1. The second kappa shape index (κ2) is 6.81. The Balaban J connectivity index is 1.83. The Morgan fingerprint density at radius 2 is 1.63 bits per heavy atom. The number of fused-ring (bicyclic) bond motifs is 3. The highest BCUT2D eigenvalue weighted by atomic mass is 32.2. The fourth-order valence-corrected chi connectivity index (χ4v) is 6.24. The molecule has 1 spiro atoms. The van der Waals surface area contributed by atoms with Gasteiger partial charge >= 0.3 is 0 Å². The van der Waals surface area contributed by atoms with Crippen LogP contribution in [0, 0.1) is 0 Å². The zero-order chi connectivity index (χ0) is 20.9. The van der Waals surface area contributed by atoms with Crippen LogP contribution in [0.25, 0.3) is 6.08 Å². The van der Waals surface area contributed by atoms with Crippen LogP contribution in [0.1, 0.15) is 36.8 Å². The van der Waals surface area contributed by atoms with Gasteiger partial charge in [-0.2, -0.15) is 0 Å². The third-order valence-corrected chi connectivity index (χ3v) is 7.42. The average molecular weight is 418 g/mol. The van der Waals surface area contributed by atoms with Gasteiger partial charge in [-0.3, -0.25) is 4.79 Å². The van der Waals surface area contributed by atoms with Gasteiger partial charge in [0.2, 0.25) is 10.0 Å². The number of hydrogen-bond donors (Lipinski definition) is 0. The molecule has 0 amide bonds. The smallest absolute Gasteiger partial charge is 0.236 e. The first-order valence-electron chi connectivity index (χ1n) is 10.3. The third-order valence-electron chi connectivity index (χ3n) is 6.35. The van der Waals surface area contributed by atoms with Crippen LogP contribution >= 0.6 is 0 Å². The molecule has 0 fully saturated rings. The second-order valence-corrected chi connectivity index (χ2v) is 9.98. The van der Waals surface area contributed by atoms with E-state index in [-0.39, 0.29) is 5.78 Å². The molecule has 0 radical (unpaired) electrons. The molecule has 0 heterocycles. The van der Waals surface area contributed by atoms with Gasteiger partial charge in [0.1, 0.15) is 0 Å². The predicted molar refractivity (Wildman–Crippen MR) is 120 cm³/mol. The van der Waals surface area contributed by atoms with Crippen molar-refractivity contribution in [2.75, 3.05) is 10.6 Å². The van der Waals surface area contributed by atoms with Crippen molar-refractivity contribution < 1.29 is 13.2 Å². The lowest BCUT2D eigenvalue weighted by molar-refractivity contribution is -0.111. The van der Waals surface area contributed by atoms with Crippen molar-refractivity contribution in [3.63, 3.8) is 0 Å². The average Bonchev–Trinajstić information content (AvgIpc) is 3.05. The van der Waals surface area contributed by atoms with Gasteiger partial charge in [-0.1, -0.05) is 48.5 Å². The molecule has 0 bridgehead atoms. The molecule has 0 unspecified atom stereocenters. The van der Waals surface area contributed by atoms with E-state index in [0.717, 1.165) is 48.0 Å². The lowest BCUT2D eigenvalue weighted by Crippen LogP contribution is -2.42. The van der Waals surface area contributed by atoms with E-state index < -0.39 is 15.4 Å². The summed E-state index contributed by atoms with van der Waals surface area (Å²) in [5, 5.41) is 0. The SMILES string of the molecule is CS(=O)(=O)N(C1=Cc2ccccc2[C@]12C=CC(=O)C1=C2CCCC1)c1ccccc1. The lowest BCUT2D eigenvalue weighted by atomic mass is 9.65. The second-order valence-electron chi connectivity index (χ2n) is 8.15. The number of benzene rings is 2. The number of ketones is 1. The molecule has 0 N–H and O–H groups in total. The van der Waals surface area contributed by atoms with Gasteiger partial charge in [-0.25, -0.2) is 12.7 Å². The minimum absolute atomic E-state index is 0.0599. The van der Waals surface area contributed by atoms with Gasteiger partial charge < -0.3 is 0 Å². The van der Waals surface area contributed by atoms with E-state index in [4.69, 9.17) is 0 Å². The van der Waals surface area contributed by atoms with Crippen LogP contribution in [0.5, 0.6) is 0 Å². The maximum absolute atomic E-state index is 13.1. The Labute approximate surface area is 177 Å². The zero-order valence-corrected chi connectivity index (χ0v) is 17.7.